The average molecular weight is 436 g/mol. The van der Waals surface area contributed by atoms with Crippen molar-refractivity contribution in [3.05, 3.63) is 60.8 Å². The van der Waals surface area contributed by atoms with E-state index in [-0.39, 0.29) is 5.91 Å². The zero-order valence-electron chi connectivity index (χ0n) is 17.6. The zero-order chi connectivity index (χ0) is 21.6. The van der Waals surface area contributed by atoms with E-state index in [1.54, 1.807) is 0 Å². The predicted molar refractivity (Wildman–Crippen MR) is 123 cm³/mol. The summed E-state index contributed by atoms with van der Waals surface area (Å²) >= 11 is 1.50. The predicted octanol–water partition coefficient (Wildman–Crippen LogP) is 4.13. The number of hydrogen-bond acceptors (Lipinski definition) is 7. The maximum atomic E-state index is 11.4. The number of rotatable bonds is 6. The highest BCUT2D eigenvalue weighted by Gasteiger charge is 2.19. The molecule has 31 heavy (non-hydrogen) atoms. The summed E-state index contributed by atoms with van der Waals surface area (Å²) in [4.78, 5) is 27.0. The Balaban J connectivity index is 1.62. The molecule has 0 atom stereocenters. The van der Waals surface area contributed by atoms with Crippen LogP contribution in [-0.4, -0.2) is 54.0 Å². The van der Waals surface area contributed by atoms with Crippen molar-refractivity contribution in [2.45, 2.75) is 16.7 Å². The summed E-state index contributed by atoms with van der Waals surface area (Å²) in [6.07, 6.45) is 1.81. The van der Waals surface area contributed by atoms with E-state index >= 15 is 0 Å². The van der Waals surface area contributed by atoms with Gasteiger partial charge in [-0.25, -0.2) is 4.98 Å². The van der Waals surface area contributed by atoms with Crippen LogP contribution in [0.5, 0.6) is 11.6 Å². The highest BCUT2D eigenvalue weighted by molar-refractivity contribution is 7.99. The van der Waals surface area contributed by atoms with Crippen LogP contribution in [0.3, 0.4) is 0 Å². The minimum atomic E-state index is -0.102. The molecule has 1 aromatic heterocycles. The lowest BCUT2D eigenvalue weighted by molar-refractivity contribution is -0.114. The van der Waals surface area contributed by atoms with Gasteiger partial charge >= 0.3 is 0 Å². The van der Waals surface area contributed by atoms with Gasteiger partial charge in [0.2, 0.25) is 17.7 Å². The SMILES string of the molecule is CC(=O)Nc1cccc(Sc2cnc(N3CCN(C)CC3)nc2Oc2ccccc2)c1. The van der Waals surface area contributed by atoms with Crippen LogP contribution in [0, 0.1) is 0 Å². The standard InChI is InChI=1S/C23H25N5O2S/c1-17(29)25-18-7-6-10-20(15-18)31-21-16-24-23(28-13-11-27(2)12-14-28)26-22(21)30-19-8-4-3-5-9-19/h3-10,15-16H,11-14H2,1-2H3,(H,25,29). The molecule has 0 bridgehead atoms. The van der Waals surface area contributed by atoms with E-state index in [0.29, 0.717) is 11.8 Å². The highest BCUT2D eigenvalue weighted by atomic mass is 32.2. The number of anilines is 2. The summed E-state index contributed by atoms with van der Waals surface area (Å²) in [6.45, 7) is 5.21. The fraction of sp³-hybridized carbons (Fsp3) is 0.261. The molecule has 2 aromatic carbocycles. The molecular formula is C23H25N5O2S. The molecule has 0 unspecified atom stereocenters. The van der Waals surface area contributed by atoms with Crippen molar-refractivity contribution in [3.63, 3.8) is 0 Å². The van der Waals surface area contributed by atoms with Gasteiger partial charge in [-0.3, -0.25) is 4.79 Å². The summed E-state index contributed by atoms with van der Waals surface area (Å²) in [5.41, 5.74) is 0.748. The van der Waals surface area contributed by atoms with Gasteiger partial charge in [0, 0.05) is 43.7 Å². The lowest BCUT2D eigenvalue weighted by Gasteiger charge is -2.32. The minimum absolute atomic E-state index is 0.102. The molecule has 1 amide bonds. The Bertz CT molecular complexity index is 1040. The van der Waals surface area contributed by atoms with Gasteiger partial charge in [0.05, 0.1) is 11.1 Å². The van der Waals surface area contributed by atoms with Crippen LogP contribution in [0.2, 0.25) is 0 Å². The maximum absolute atomic E-state index is 11.4. The number of likely N-dealkylation sites (N-methyl/N-ethyl adjacent to an activating group) is 1. The second-order valence-electron chi connectivity index (χ2n) is 7.36. The number of carbonyl (C=O) groups is 1. The van der Waals surface area contributed by atoms with Crippen molar-refractivity contribution in [3.8, 4) is 11.6 Å². The quantitative estimate of drug-likeness (QED) is 0.624. The van der Waals surface area contributed by atoms with Crippen LogP contribution in [0.1, 0.15) is 6.92 Å². The Morgan fingerprint density at radius 1 is 1.06 bits per heavy atom. The highest BCUT2D eigenvalue weighted by Crippen LogP contribution is 2.37. The summed E-state index contributed by atoms with van der Waals surface area (Å²) in [6, 6.07) is 17.3. The van der Waals surface area contributed by atoms with Crippen LogP contribution in [0.15, 0.2) is 70.6 Å². The van der Waals surface area contributed by atoms with Gasteiger partial charge in [0.1, 0.15) is 5.75 Å². The number of para-hydroxylation sites is 1. The zero-order valence-corrected chi connectivity index (χ0v) is 18.4. The fourth-order valence-corrected chi connectivity index (χ4v) is 4.08. The van der Waals surface area contributed by atoms with E-state index in [9.17, 15) is 4.79 Å². The van der Waals surface area contributed by atoms with Crippen molar-refractivity contribution < 1.29 is 9.53 Å². The Hall–Kier alpha value is -3.10. The summed E-state index contributed by atoms with van der Waals surface area (Å²) in [7, 11) is 2.12. The molecule has 0 aliphatic carbocycles. The van der Waals surface area contributed by atoms with Crippen LogP contribution < -0.4 is 15.0 Å². The van der Waals surface area contributed by atoms with Crippen molar-refractivity contribution in [1.29, 1.82) is 0 Å². The molecular weight excluding hydrogens is 410 g/mol. The molecule has 0 spiro atoms. The molecule has 4 rings (SSSR count). The number of amides is 1. The number of hydrogen-bond donors (Lipinski definition) is 1. The van der Waals surface area contributed by atoms with Crippen molar-refractivity contribution in [2.24, 2.45) is 0 Å². The number of aromatic nitrogens is 2. The van der Waals surface area contributed by atoms with E-state index in [1.165, 1.54) is 18.7 Å². The molecule has 160 valence electrons. The van der Waals surface area contributed by atoms with Gasteiger partial charge < -0.3 is 19.9 Å². The first kappa shape index (κ1) is 21.1. The molecule has 1 aliphatic heterocycles. The summed E-state index contributed by atoms with van der Waals surface area (Å²) in [5, 5.41) is 2.82. The Morgan fingerprint density at radius 3 is 2.58 bits per heavy atom. The number of carbonyl (C=O) groups excluding carboxylic acids is 1. The van der Waals surface area contributed by atoms with Gasteiger partial charge in [0.15, 0.2) is 0 Å². The number of benzene rings is 2. The smallest absolute Gasteiger partial charge is 0.238 e. The minimum Gasteiger partial charge on any atom is -0.438 e. The Labute approximate surface area is 186 Å². The van der Waals surface area contributed by atoms with E-state index in [2.05, 4.69) is 27.1 Å². The first-order chi connectivity index (χ1) is 15.1. The molecule has 0 radical (unpaired) electrons. The van der Waals surface area contributed by atoms with Crippen LogP contribution in [0.4, 0.5) is 11.6 Å². The second-order valence-corrected chi connectivity index (χ2v) is 8.47. The Morgan fingerprint density at radius 2 is 1.84 bits per heavy atom. The van der Waals surface area contributed by atoms with Crippen LogP contribution >= 0.6 is 11.8 Å². The molecule has 1 fully saturated rings. The molecule has 1 aliphatic rings. The average Bonchev–Trinajstić information content (AvgIpc) is 2.76. The van der Waals surface area contributed by atoms with Gasteiger partial charge in [-0.15, -0.1) is 0 Å². The maximum Gasteiger partial charge on any atom is 0.238 e. The number of ether oxygens (including phenoxy) is 1. The first-order valence-electron chi connectivity index (χ1n) is 10.2. The van der Waals surface area contributed by atoms with Gasteiger partial charge in [-0.1, -0.05) is 36.0 Å². The molecule has 0 saturated carbocycles. The third kappa shape index (κ3) is 5.74. The lowest BCUT2D eigenvalue weighted by atomic mass is 10.3. The van der Waals surface area contributed by atoms with Crippen LogP contribution in [-0.2, 0) is 4.79 Å². The fourth-order valence-electron chi connectivity index (χ4n) is 3.22. The number of piperazine rings is 1. The molecule has 3 aromatic rings. The lowest BCUT2D eigenvalue weighted by Crippen LogP contribution is -2.45. The van der Waals surface area contributed by atoms with Crippen LogP contribution in [0.25, 0.3) is 0 Å². The van der Waals surface area contributed by atoms with E-state index < -0.39 is 0 Å². The van der Waals surface area contributed by atoms with E-state index in [0.717, 1.165) is 47.4 Å². The Kier molecular flexibility index (Phi) is 6.69. The molecule has 7 nitrogen and oxygen atoms in total. The normalized spacial score (nSPS) is 14.3. The monoisotopic (exact) mass is 435 g/mol. The number of nitrogens with zero attached hydrogens (tertiary/aromatic N) is 4. The molecule has 1 saturated heterocycles. The molecule has 8 heteroatoms. The summed E-state index contributed by atoms with van der Waals surface area (Å²) in [5.74, 6) is 1.81. The van der Waals surface area contributed by atoms with Crippen molar-refractivity contribution >= 4 is 29.3 Å². The van der Waals surface area contributed by atoms with E-state index in [4.69, 9.17) is 9.72 Å². The number of nitrogens with one attached hydrogen (secondary N) is 1. The second kappa shape index (κ2) is 9.80. The first-order valence-corrected chi connectivity index (χ1v) is 11.0. The van der Waals surface area contributed by atoms with Gasteiger partial charge in [0.25, 0.3) is 0 Å². The molecule has 2 heterocycles. The molecule has 1 N–H and O–H groups in total. The largest absolute Gasteiger partial charge is 0.438 e. The van der Waals surface area contributed by atoms with Gasteiger partial charge in [-0.2, -0.15) is 4.98 Å². The van der Waals surface area contributed by atoms with Crippen molar-refractivity contribution in [2.75, 3.05) is 43.4 Å². The van der Waals surface area contributed by atoms with E-state index in [1.807, 2.05) is 60.8 Å². The summed E-state index contributed by atoms with van der Waals surface area (Å²) < 4.78 is 6.15. The third-order valence-corrected chi connectivity index (χ3v) is 5.83. The third-order valence-electron chi connectivity index (χ3n) is 4.84. The van der Waals surface area contributed by atoms with Crippen molar-refractivity contribution in [1.82, 2.24) is 14.9 Å². The van der Waals surface area contributed by atoms with Gasteiger partial charge in [-0.05, 0) is 37.4 Å². The topological polar surface area (TPSA) is 70.6 Å².